The molecule has 3 aromatic rings. The Morgan fingerprint density at radius 3 is 2.71 bits per heavy atom. The molecule has 0 radical (unpaired) electrons. The van der Waals surface area contributed by atoms with Gasteiger partial charge in [0.2, 0.25) is 5.91 Å². The Balaban J connectivity index is 1.82. The van der Waals surface area contributed by atoms with Crippen LogP contribution in [0.25, 0.3) is 10.9 Å². The molecule has 0 aliphatic carbocycles. The lowest BCUT2D eigenvalue weighted by Crippen LogP contribution is -2.24. The zero-order valence-corrected chi connectivity index (χ0v) is 16.8. The van der Waals surface area contributed by atoms with Crippen LogP contribution in [0.3, 0.4) is 0 Å². The molecule has 1 heterocycles. The lowest BCUT2D eigenvalue weighted by atomic mass is 10.2. The fraction of sp³-hybridized carbons (Fsp3) is 0.250. The van der Waals surface area contributed by atoms with Gasteiger partial charge in [0.15, 0.2) is 5.16 Å². The number of amides is 1. The molecule has 0 unspecified atom stereocenters. The molecular formula is C20H19ClFN3O2S. The van der Waals surface area contributed by atoms with Crippen LogP contribution in [0.15, 0.2) is 52.4 Å². The minimum atomic E-state index is -0.369. The van der Waals surface area contributed by atoms with Crippen molar-refractivity contribution in [3.05, 3.63) is 63.7 Å². The second-order valence-corrected chi connectivity index (χ2v) is 7.59. The summed E-state index contributed by atoms with van der Waals surface area (Å²) in [5.41, 5.74) is 0.872. The van der Waals surface area contributed by atoms with Crippen LogP contribution in [-0.2, 0) is 11.3 Å². The Hall–Kier alpha value is -2.38. The lowest BCUT2D eigenvalue weighted by Gasteiger charge is -2.13. The van der Waals surface area contributed by atoms with Gasteiger partial charge in [-0.1, -0.05) is 36.7 Å². The Labute approximate surface area is 170 Å². The SMILES string of the molecule is CCCCn1c(SCC(=O)Nc2ccc(F)cc2)nc2cc(Cl)ccc2c1=O. The van der Waals surface area contributed by atoms with Crippen molar-refractivity contribution in [3.63, 3.8) is 0 Å². The average molecular weight is 420 g/mol. The summed E-state index contributed by atoms with van der Waals surface area (Å²) < 4.78 is 14.6. The quantitative estimate of drug-likeness (QED) is 0.444. The summed E-state index contributed by atoms with van der Waals surface area (Å²) in [4.78, 5) is 29.7. The number of benzene rings is 2. The van der Waals surface area contributed by atoms with Crippen molar-refractivity contribution >= 4 is 45.9 Å². The molecular weight excluding hydrogens is 401 g/mol. The number of nitrogens with one attached hydrogen (secondary N) is 1. The van der Waals surface area contributed by atoms with E-state index < -0.39 is 0 Å². The molecule has 8 heteroatoms. The smallest absolute Gasteiger partial charge is 0.262 e. The molecule has 2 aromatic carbocycles. The molecule has 0 spiro atoms. The molecule has 1 N–H and O–H groups in total. The number of rotatable bonds is 7. The van der Waals surface area contributed by atoms with E-state index in [0.717, 1.165) is 12.8 Å². The van der Waals surface area contributed by atoms with Crippen LogP contribution < -0.4 is 10.9 Å². The Bertz CT molecular complexity index is 1050. The van der Waals surface area contributed by atoms with E-state index in [4.69, 9.17) is 11.6 Å². The van der Waals surface area contributed by atoms with Gasteiger partial charge in [0.25, 0.3) is 5.56 Å². The van der Waals surface area contributed by atoms with E-state index in [9.17, 15) is 14.0 Å². The maximum Gasteiger partial charge on any atom is 0.262 e. The summed E-state index contributed by atoms with van der Waals surface area (Å²) >= 11 is 7.21. The number of halogens is 2. The molecule has 1 amide bonds. The van der Waals surface area contributed by atoms with Gasteiger partial charge in [-0.25, -0.2) is 9.37 Å². The van der Waals surface area contributed by atoms with E-state index in [-0.39, 0.29) is 23.0 Å². The van der Waals surface area contributed by atoms with Gasteiger partial charge in [-0.2, -0.15) is 0 Å². The highest BCUT2D eigenvalue weighted by atomic mass is 35.5. The van der Waals surface area contributed by atoms with Crippen molar-refractivity contribution in [1.82, 2.24) is 9.55 Å². The van der Waals surface area contributed by atoms with Gasteiger partial charge in [-0.3, -0.25) is 14.2 Å². The number of unbranched alkanes of at least 4 members (excludes halogenated alkanes) is 1. The third-order valence-corrected chi connectivity index (χ3v) is 5.29. The van der Waals surface area contributed by atoms with Crippen LogP contribution in [0.5, 0.6) is 0 Å². The summed E-state index contributed by atoms with van der Waals surface area (Å²) in [5.74, 6) is -0.562. The topological polar surface area (TPSA) is 64.0 Å². The fourth-order valence-corrected chi connectivity index (χ4v) is 3.65. The minimum Gasteiger partial charge on any atom is -0.325 e. The Kier molecular flexibility index (Phi) is 6.70. The van der Waals surface area contributed by atoms with E-state index in [2.05, 4.69) is 10.3 Å². The first kappa shape index (κ1) is 20.4. The van der Waals surface area contributed by atoms with Crippen LogP contribution in [-0.4, -0.2) is 21.2 Å². The number of carbonyl (C=O) groups excluding carboxylic acids is 1. The van der Waals surface area contributed by atoms with Crippen LogP contribution in [0.2, 0.25) is 5.02 Å². The first-order valence-corrected chi connectivity index (χ1v) is 10.2. The van der Waals surface area contributed by atoms with E-state index in [1.807, 2.05) is 6.92 Å². The second kappa shape index (κ2) is 9.21. The predicted octanol–water partition coefficient (Wildman–Crippen LogP) is 4.72. The number of aromatic nitrogens is 2. The minimum absolute atomic E-state index is 0.0714. The van der Waals surface area contributed by atoms with Gasteiger partial charge in [-0.15, -0.1) is 0 Å². The van der Waals surface area contributed by atoms with E-state index in [1.165, 1.54) is 36.0 Å². The Morgan fingerprint density at radius 1 is 1.25 bits per heavy atom. The van der Waals surface area contributed by atoms with Crippen molar-refractivity contribution in [1.29, 1.82) is 0 Å². The standard InChI is InChI=1S/C20H19ClFN3O2S/c1-2-3-10-25-19(27)16-9-4-13(21)11-17(16)24-20(25)28-12-18(26)23-15-7-5-14(22)6-8-15/h4-9,11H,2-3,10,12H2,1H3,(H,23,26). The molecule has 0 bridgehead atoms. The number of nitrogens with zero attached hydrogens (tertiary/aromatic N) is 2. The molecule has 0 aliphatic heterocycles. The predicted molar refractivity (Wildman–Crippen MR) is 112 cm³/mol. The molecule has 1 aromatic heterocycles. The largest absolute Gasteiger partial charge is 0.325 e. The summed E-state index contributed by atoms with van der Waals surface area (Å²) in [6.07, 6.45) is 1.76. The van der Waals surface area contributed by atoms with Gasteiger partial charge in [0.05, 0.1) is 16.7 Å². The number of hydrogen-bond acceptors (Lipinski definition) is 4. The van der Waals surface area contributed by atoms with Gasteiger partial charge in [-0.05, 0) is 48.9 Å². The number of fused-ring (bicyclic) bond motifs is 1. The second-order valence-electron chi connectivity index (χ2n) is 6.21. The number of thioether (sulfide) groups is 1. The van der Waals surface area contributed by atoms with Crippen LogP contribution >= 0.6 is 23.4 Å². The third kappa shape index (κ3) is 4.91. The third-order valence-electron chi connectivity index (χ3n) is 4.08. The number of hydrogen-bond donors (Lipinski definition) is 1. The molecule has 5 nitrogen and oxygen atoms in total. The maximum atomic E-state index is 13.0. The monoisotopic (exact) mass is 419 g/mol. The molecule has 0 saturated heterocycles. The highest BCUT2D eigenvalue weighted by molar-refractivity contribution is 7.99. The van der Waals surface area contributed by atoms with Gasteiger partial charge < -0.3 is 5.32 Å². The summed E-state index contributed by atoms with van der Waals surface area (Å²) in [6.45, 7) is 2.57. The number of carbonyl (C=O) groups is 1. The zero-order chi connectivity index (χ0) is 20.1. The molecule has 0 saturated carbocycles. The molecule has 0 fully saturated rings. The van der Waals surface area contributed by atoms with Gasteiger partial charge in [0.1, 0.15) is 5.82 Å². The fourth-order valence-electron chi connectivity index (χ4n) is 2.66. The van der Waals surface area contributed by atoms with Crippen molar-refractivity contribution in [3.8, 4) is 0 Å². The number of anilines is 1. The molecule has 0 atom stereocenters. The van der Waals surface area contributed by atoms with E-state index >= 15 is 0 Å². The summed E-state index contributed by atoms with van der Waals surface area (Å²) in [6, 6.07) is 10.5. The Morgan fingerprint density at radius 2 is 2.00 bits per heavy atom. The normalized spacial score (nSPS) is 11.0. The highest BCUT2D eigenvalue weighted by Crippen LogP contribution is 2.21. The summed E-state index contributed by atoms with van der Waals surface area (Å²) in [5, 5.41) is 4.17. The van der Waals surface area contributed by atoms with Crippen molar-refractivity contribution < 1.29 is 9.18 Å². The van der Waals surface area contributed by atoms with E-state index in [0.29, 0.717) is 33.3 Å². The van der Waals surface area contributed by atoms with Crippen LogP contribution in [0.4, 0.5) is 10.1 Å². The molecule has 146 valence electrons. The highest BCUT2D eigenvalue weighted by Gasteiger charge is 2.13. The van der Waals surface area contributed by atoms with Crippen LogP contribution in [0, 0.1) is 5.82 Å². The van der Waals surface area contributed by atoms with Crippen molar-refractivity contribution in [2.45, 2.75) is 31.5 Å². The van der Waals surface area contributed by atoms with Gasteiger partial charge >= 0.3 is 0 Å². The molecule has 3 rings (SSSR count). The van der Waals surface area contributed by atoms with Crippen molar-refractivity contribution in [2.24, 2.45) is 0 Å². The van der Waals surface area contributed by atoms with Crippen molar-refractivity contribution in [2.75, 3.05) is 11.1 Å². The first-order valence-electron chi connectivity index (χ1n) is 8.86. The maximum absolute atomic E-state index is 13.0. The molecule has 0 aliphatic rings. The zero-order valence-electron chi connectivity index (χ0n) is 15.2. The summed E-state index contributed by atoms with van der Waals surface area (Å²) in [7, 11) is 0. The van der Waals surface area contributed by atoms with Gasteiger partial charge in [0, 0.05) is 17.3 Å². The lowest BCUT2D eigenvalue weighted by molar-refractivity contribution is -0.113. The first-order chi connectivity index (χ1) is 13.5. The average Bonchev–Trinajstić information content (AvgIpc) is 2.67. The van der Waals surface area contributed by atoms with Crippen LogP contribution in [0.1, 0.15) is 19.8 Å². The van der Waals surface area contributed by atoms with E-state index in [1.54, 1.807) is 22.8 Å². The molecule has 28 heavy (non-hydrogen) atoms.